The van der Waals surface area contributed by atoms with Gasteiger partial charge < -0.3 is 19.5 Å². The number of methoxy groups -OCH3 is 2. The Hall–Kier alpha value is -1.26. The Morgan fingerprint density at radius 3 is 2.54 bits per heavy atom. The second-order valence-electron chi connectivity index (χ2n) is 9.23. The molecule has 1 aromatic rings. The number of ether oxygens (including phenoxy) is 3. The van der Waals surface area contributed by atoms with E-state index in [9.17, 15) is 0 Å². The van der Waals surface area contributed by atoms with Crippen LogP contribution < -0.4 is 14.8 Å². The molecule has 1 aliphatic heterocycles. The normalized spacial score (nSPS) is 25.1. The highest BCUT2D eigenvalue weighted by Crippen LogP contribution is 2.46. The second kappa shape index (κ2) is 10.5. The molecule has 1 saturated heterocycles. The molecule has 1 aliphatic rings. The fourth-order valence-electron chi connectivity index (χ4n) is 4.50. The lowest BCUT2D eigenvalue weighted by molar-refractivity contribution is -0.672. The Balaban J connectivity index is 1.94. The molecule has 2 N–H and O–H groups in total. The van der Waals surface area contributed by atoms with Crippen molar-refractivity contribution in [2.45, 2.75) is 78.4 Å². The summed E-state index contributed by atoms with van der Waals surface area (Å²) in [5, 5.41) is 2.44. The average molecular weight is 393 g/mol. The maximum atomic E-state index is 6.16. The van der Waals surface area contributed by atoms with E-state index >= 15 is 0 Å². The summed E-state index contributed by atoms with van der Waals surface area (Å²) in [6, 6.07) is 6.22. The second-order valence-corrected chi connectivity index (χ2v) is 9.23. The standard InChI is InChI=1S/C24H41NO3/c1-7-23(4)18-24(13-15-28-23,11-10-19(2)3)12-14-25-17-20-8-9-21(26-5)22(16-20)27-6/h8-9,16,19,25H,7,10-15,17-18H2,1-6H3/p+1/t23-,24-/m1/s1. The minimum Gasteiger partial charge on any atom is -0.493 e. The molecule has 1 aromatic carbocycles. The number of quaternary nitrogens is 1. The molecule has 2 atom stereocenters. The number of benzene rings is 1. The molecule has 4 heteroatoms. The number of nitrogens with two attached hydrogens (primary N) is 1. The van der Waals surface area contributed by atoms with Gasteiger partial charge in [0.05, 0.1) is 26.4 Å². The summed E-state index contributed by atoms with van der Waals surface area (Å²) >= 11 is 0. The molecule has 1 heterocycles. The first kappa shape index (κ1) is 23.0. The molecule has 0 bridgehead atoms. The van der Waals surface area contributed by atoms with E-state index < -0.39 is 0 Å². The smallest absolute Gasteiger partial charge is 0.161 e. The summed E-state index contributed by atoms with van der Waals surface area (Å²) in [7, 11) is 3.37. The summed E-state index contributed by atoms with van der Waals surface area (Å²) < 4.78 is 16.9. The van der Waals surface area contributed by atoms with Gasteiger partial charge in [-0.15, -0.1) is 0 Å². The molecular weight excluding hydrogens is 350 g/mol. The largest absolute Gasteiger partial charge is 0.493 e. The molecule has 4 nitrogen and oxygen atoms in total. The van der Waals surface area contributed by atoms with Crippen molar-refractivity contribution in [2.75, 3.05) is 27.4 Å². The van der Waals surface area contributed by atoms with Crippen LogP contribution in [-0.4, -0.2) is 33.0 Å². The SMILES string of the molecule is CC[C@]1(C)C[C@@](CC[NH2+]Cc2ccc(OC)c(OC)c2)(CCC(C)C)CCO1. The predicted molar refractivity (Wildman–Crippen MR) is 115 cm³/mol. The number of hydrogen-bond donors (Lipinski definition) is 1. The van der Waals surface area contributed by atoms with Crippen LogP contribution in [0.25, 0.3) is 0 Å². The summed E-state index contributed by atoms with van der Waals surface area (Å²) in [5.41, 5.74) is 1.76. The zero-order valence-corrected chi connectivity index (χ0v) is 19.0. The molecule has 0 aromatic heterocycles. The lowest BCUT2D eigenvalue weighted by Crippen LogP contribution is -2.83. The van der Waals surface area contributed by atoms with Crippen LogP contribution in [0, 0.1) is 11.3 Å². The highest BCUT2D eigenvalue weighted by atomic mass is 16.5. The highest BCUT2D eigenvalue weighted by molar-refractivity contribution is 5.42. The van der Waals surface area contributed by atoms with E-state index in [2.05, 4.69) is 45.1 Å². The van der Waals surface area contributed by atoms with Gasteiger partial charge in [-0.1, -0.05) is 27.2 Å². The third kappa shape index (κ3) is 6.38. The predicted octanol–water partition coefficient (Wildman–Crippen LogP) is 4.56. The van der Waals surface area contributed by atoms with Gasteiger partial charge in [-0.3, -0.25) is 0 Å². The van der Waals surface area contributed by atoms with Gasteiger partial charge in [0.15, 0.2) is 11.5 Å². The van der Waals surface area contributed by atoms with Crippen LogP contribution in [0.3, 0.4) is 0 Å². The molecule has 28 heavy (non-hydrogen) atoms. The molecule has 0 spiro atoms. The van der Waals surface area contributed by atoms with Crippen molar-refractivity contribution in [1.82, 2.24) is 0 Å². The van der Waals surface area contributed by atoms with E-state index in [0.717, 1.165) is 43.5 Å². The quantitative estimate of drug-likeness (QED) is 0.562. The molecule has 0 radical (unpaired) electrons. The summed E-state index contributed by atoms with van der Waals surface area (Å²) in [4.78, 5) is 0. The van der Waals surface area contributed by atoms with Gasteiger partial charge in [0.25, 0.3) is 0 Å². The van der Waals surface area contributed by atoms with E-state index in [-0.39, 0.29) is 5.60 Å². The zero-order chi connectivity index (χ0) is 20.6. The van der Waals surface area contributed by atoms with Crippen molar-refractivity contribution < 1.29 is 19.5 Å². The van der Waals surface area contributed by atoms with Crippen molar-refractivity contribution in [3.8, 4) is 11.5 Å². The number of hydrogen-bond acceptors (Lipinski definition) is 3. The monoisotopic (exact) mass is 392 g/mol. The zero-order valence-electron chi connectivity index (χ0n) is 19.0. The molecule has 0 unspecified atom stereocenters. The first-order chi connectivity index (χ1) is 13.4. The lowest BCUT2D eigenvalue weighted by atomic mass is 9.67. The summed E-state index contributed by atoms with van der Waals surface area (Å²) in [6.07, 6.45) is 7.42. The third-order valence-electron chi connectivity index (χ3n) is 6.54. The highest BCUT2D eigenvalue weighted by Gasteiger charge is 2.42. The average Bonchev–Trinajstić information content (AvgIpc) is 2.69. The Labute approximate surface area is 172 Å². The van der Waals surface area contributed by atoms with Gasteiger partial charge in [0.2, 0.25) is 0 Å². The van der Waals surface area contributed by atoms with Gasteiger partial charge >= 0.3 is 0 Å². The van der Waals surface area contributed by atoms with E-state index in [1.165, 1.54) is 37.7 Å². The van der Waals surface area contributed by atoms with Gasteiger partial charge in [0, 0.05) is 18.6 Å². The molecule has 160 valence electrons. The fourth-order valence-corrected chi connectivity index (χ4v) is 4.50. The first-order valence-corrected chi connectivity index (χ1v) is 11.0. The Kier molecular flexibility index (Phi) is 8.63. The Morgan fingerprint density at radius 2 is 1.89 bits per heavy atom. The van der Waals surface area contributed by atoms with Gasteiger partial charge in [-0.05, 0) is 62.1 Å². The topological polar surface area (TPSA) is 44.3 Å². The Morgan fingerprint density at radius 1 is 1.14 bits per heavy atom. The van der Waals surface area contributed by atoms with E-state index in [4.69, 9.17) is 14.2 Å². The van der Waals surface area contributed by atoms with Crippen LogP contribution >= 0.6 is 0 Å². The molecular formula is C24H42NO3+. The number of rotatable bonds is 11. The molecule has 1 fully saturated rings. The maximum absolute atomic E-state index is 6.16. The molecule has 0 saturated carbocycles. The molecule has 2 rings (SSSR count). The Bertz CT molecular complexity index is 604. The molecule has 0 amide bonds. The fraction of sp³-hybridized carbons (Fsp3) is 0.750. The van der Waals surface area contributed by atoms with Gasteiger partial charge in [-0.2, -0.15) is 0 Å². The third-order valence-corrected chi connectivity index (χ3v) is 6.54. The maximum Gasteiger partial charge on any atom is 0.161 e. The van der Waals surface area contributed by atoms with Crippen molar-refractivity contribution in [3.63, 3.8) is 0 Å². The van der Waals surface area contributed by atoms with E-state index in [0.29, 0.717) is 5.41 Å². The lowest BCUT2D eigenvalue weighted by Gasteiger charge is -2.46. The van der Waals surface area contributed by atoms with Crippen molar-refractivity contribution >= 4 is 0 Å². The van der Waals surface area contributed by atoms with Crippen LogP contribution in [0.1, 0.15) is 71.8 Å². The van der Waals surface area contributed by atoms with Crippen LogP contribution in [0.15, 0.2) is 18.2 Å². The first-order valence-electron chi connectivity index (χ1n) is 11.0. The van der Waals surface area contributed by atoms with Gasteiger partial charge in [0.1, 0.15) is 6.54 Å². The van der Waals surface area contributed by atoms with Gasteiger partial charge in [-0.25, -0.2) is 0 Å². The van der Waals surface area contributed by atoms with Crippen LogP contribution in [0.4, 0.5) is 0 Å². The minimum atomic E-state index is 0.0541. The summed E-state index contributed by atoms with van der Waals surface area (Å²) in [5.74, 6) is 2.37. The van der Waals surface area contributed by atoms with Crippen LogP contribution in [0.2, 0.25) is 0 Å². The van der Waals surface area contributed by atoms with E-state index in [1.54, 1.807) is 14.2 Å². The van der Waals surface area contributed by atoms with Crippen molar-refractivity contribution in [3.05, 3.63) is 23.8 Å². The minimum absolute atomic E-state index is 0.0541. The van der Waals surface area contributed by atoms with Crippen molar-refractivity contribution in [2.24, 2.45) is 11.3 Å². The van der Waals surface area contributed by atoms with Crippen molar-refractivity contribution in [1.29, 1.82) is 0 Å². The summed E-state index contributed by atoms with van der Waals surface area (Å²) in [6.45, 7) is 12.3. The van der Waals surface area contributed by atoms with E-state index in [1.807, 2.05) is 6.07 Å². The molecule has 0 aliphatic carbocycles. The van der Waals surface area contributed by atoms with Crippen LogP contribution in [0.5, 0.6) is 11.5 Å². The van der Waals surface area contributed by atoms with Crippen LogP contribution in [-0.2, 0) is 11.3 Å².